The third kappa shape index (κ3) is 1.61. The molecule has 1 fully saturated rings. The minimum absolute atomic E-state index is 0.267. The average Bonchev–Trinajstić information content (AvgIpc) is 2.12. The molecule has 1 aliphatic carbocycles. The highest BCUT2D eigenvalue weighted by Gasteiger charge is 2.42. The predicted molar refractivity (Wildman–Crippen MR) is 63.3 cm³/mol. The van der Waals surface area contributed by atoms with Crippen molar-refractivity contribution in [1.82, 2.24) is 0 Å². The molecule has 1 aliphatic rings. The molecule has 2 N–H and O–H groups in total. The molecule has 1 nitrogen and oxygen atoms in total. The Morgan fingerprint density at radius 3 is 2.71 bits per heavy atom. The number of benzene rings is 1. The van der Waals surface area contributed by atoms with Crippen LogP contribution < -0.4 is 5.73 Å². The molecule has 14 heavy (non-hydrogen) atoms. The maximum absolute atomic E-state index is 5.90. The molecular formula is C12H16BrN. The van der Waals surface area contributed by atoms with Crippen molar-refractivity contribution in [1.29, 1.82) is 0 Å². The fraction of sp³-hybridized carbons (Fsp3) is 0.500. The van der Waals surface area contributed by atoms with Crippen LogP contribution in [-0.2, 0) is 5.41 Å². The summed E-state index contributed by atoms with van der Waals surface area (Å²) in [7, 11) is 0. The van der Waals surface area contributed by atoms with Crippen molar-refractivity contribution in [3.8, 4) is 0 Å². The van der Waals surface area contributed by atoms with E-state index in [0.717, 1.165) is 16.9 Å². The molecular weight excluding hydrogens is 238 g/mol. The average molecular weight is 254 g/mol. The standard InChI is InChI=1S/C12H16BrN/c1-9-6-12(7-9,8-14)10-3-2-4-11(13)5-10/h2-5,9H,6-8,14H2,1H3. The van der Waals surface area contributed by atoms with Crippen molar-refractivity contribution in [2.24, 2.45) is 11.7 Å². The van der Waals surface area contributed by atoms with Crippen LogP contribution in [0.4, 0.5) is 0 Å². The van der Waals surface area contributed by atoms with Crippen LogP contribution >= 0.6 is 15.9 Å². The predicted octanol–water partition coefficient (Wildman–Crippen LogP) is 3.08. The molecule has 76 valence electrons. The Morgan fingerprint density at radius 2 is 2.21 bits per heavy atom. The van der Waals surface area contributed by atoms with E-state index in [0.29, 0.717) is 0 Å². The van der Waals surface area contributed by atoms with E-state index >= 15 is 0 Å². The van der Waals surface area contributed by atoms with E-state index in [1.807, 2.05) is 0 Å². The van der Waals surface area contributed by atoms with Crippen LogP contribution in [0.5, 0.6) is 0 Å². The minimum Gasteiger partial charge on any atom is -0.330 e. The molecule has 1 aromatic rings. The first-order chi connectivity index (χ1) is 6.66. The van der Waals surface area contributed by atoms with Gasteiger partial charge in [-0.25, -0.2) is 0 Å². The van der Waals surface area contributed by atoms with Crippen molar-refractivity contribution >= 4 is 15.9 Å². The van der Waals surface area contributed by atoms with Crippen molar-refractivity contribution in [2.75, 3.05) is 6.54 Å². The Labute approximate surface area is 93.8 Å². The van der Waals surface area contributed by atoms with Gasteiger partial charge in [0, 0.05) is 16.4 Å². The molecule has 0 amide bonds. The lowest BCUT2D eigenvalue weighted by atomic mass is 9.59. The van der Waals surface area contributed by atoms with Gasteiger partial charge in [0.2, 0.25) is 0 Å². The smallest absolute Gasteiger partial charge is 0.0178 e. The van der Waals surface area contributed by atoms with E-state index in [4.69, 9.17) is 5.73 Å². The van der Waals surface area contributed by atoms with Crippen LogP contribution in [0.25, 0.3) is 0 Å². The molecule has 0 atom stereocenters. The van der Waals surface area contributed by atoms with Crippen molar-refractivity contribution in [2.45, 2.75) is 25.2 Å². The van der Waals surface area contributed by atoms with Crippen LogP contribution in [0.15, 0.2) is 28.7 Å². The van der Waals surface area contributed by atoms with Gasteiger partial charge in [0.25, 0.3) is 0 Å². The first-order valence-corrected chi connectivity index (χ1v) is 5.92. The lowest BCUT2D eigenvalue weighted by Gasteiger charge is -2.46. The Bertz CT molecular complexity index is 329. The SMILES string of the molecule is CC1CC(CN)(c2cccc(Br)c2)C1. The molecule has 0 aliphatic heterocycles. The Hall–Kier alpha value is -0.340. The molecule has 0 radical (unpaired) electrons. The summed E-state index contributed by atoms with van der Waals surface area (Å²) in [6, 6.07) is 8.57. The van der Waals surface area contributed by atoms with Crippen molar-refractivity contribution in [3.05, 3.63) is 34.3 Å². The maximum Gasteiger partial charge on any atom is 0.0178 e. The molecule has 0 aromatic heterocycles. The summed E-state index contributed by atoms with van der Waals surface area (Å²) in [6.07, 6.45) is 2.47. The van der Waals surface area contributed by atoms with Crippen LogP contribution in [0, 0.1) is 5.92 Å². The molecule has 2 heteroatoms. The van der Waals surface area contributed by atoms with Crippen molar-refractivity contribution in [3.63, 3.8) is 0 Å². The fourth-order valence-electron chi connectivity index (χ4n) is 2.61. The van der Waals surface area contributed by atoms with E-state index in [-0.39, 0.29) is 5.41 Å². The number of nitrogens with two attached hydrogens (primary N) is 1. The Balaban J connectivity index is 2.29. The van der Waals surface area contributed by atoms with Crippen LogP contribution in [-0.4, -0.2) is 6.54 Å². The highest BCUT2D eigenvalue weighted by atomic mass is 79.9. The first-order valence-electron chi connectivity index (χ1n) is 5.12. The summed E-state index contributed by atoms with van der Waals surface area (Å²) in [5.41, 5.74) is 7.56. The Morgan fingerprint density at radius 1 is 1.50 bits per heavy atom. The summed E-state index contributed by atoms with van der Waals surface area (Å²) >= 11 is 3.51. The van der Waals surface area contributed by atoms with Gasteiger partial charge in [-0.1, -0.05) is 35.0 Å². The second kappa shape index (κ2) is 3.67. The van der Waals surface area contributed by atoms with Crippen LogP contribution in [0.2, 0.25) is 0 Å². The van der Waals surface area contributed by atoms with Gasteiger partial charge >= 0.3 is 0 Å². The highest BCUT2D eigenvalue weighted by molar-refractivity contribution is 9.10. The maximum atomic E-state index is 5.90. The molecule has 0 saturated heterocycles. The van der Waals surface area contributed by atoms with Gasteiger partial charge in [-0.3, -0.25) is 0 Å². The van der Waals surface area contributed by atoms with E-state index < -0.39 is 0 Å². The van der Waals surface area contributed by atoms with Gasteiger partial charge in [-0.2, -0.15) is 0 Å². The fourth-order valence-corrected chi connectivity index (χ4v) is 3.01. The van der Waals surface area contributed by atoms with E-state index in [1.165, 1.54) is 18.4 Å². The number of hydrogen-bond donors (Lipinski definition) is 1. The Kier molecular flexibility index (Phi) is 2.67. The van der Waals surface area contributed by atoms with Crippen molar-refractivity contribution < 1.29 is 0 Å². The quantitative estimate of drug-likeness (QED) is 0.862. The number of halogens is 1. The van der Waals surface area contributed by atoms with Crippen LogP contribution in [0.3, 0.4) is 0 Å². The zero-order valence-corrected chi connectivity index (χ0v) is 10.0. The third-order valence-electron chi connectivity index (χ3n) is 3.31. The summed E-state index contributed by atoms with van der Waals surface area (Å²) in [4.78, 5) is 0. The summed E-state index contributed by atoms with van der Waals surface area (Å²) < 4.78 is 1.15. The lowest BCUT2D eigenvalue weighted by molar-refractivity contribution is 0.164. The second-order valence-electron chi connectivity index (χ2n) is 4.51. The monoisotopic (exact) mass is 253 g/mol. The largest absolute Gasteiger partial charge is 0.330 e. The molecule has 0 unspecified atom stereocenters. The molecule has 2 rings (SSSR count). The van der Waals surface area contributed by atoms with Gasteiger partial charge in [-0.15, -0.1) is 0 Å². The lowest BCUT2D eigenvalue weighted by Crippen LogP contribution is -2.46. The topological polar surface area (TPSA) is 26.0 Å². The van der Waals surface area contributed by atoms with Gasteiger partial charge in [0.05, 0.1) is 0 Å². The van der Waals surface area contributed by atoms with E-state index in [9.17, 15) is 0 Å². The normalized spacial score (nSPS) is 31.2. The van der Waals surface area contributed by atoms with Gasteiger partial charge < -0.3 is 5.73 Å². The molecule has 0 heterocycles. The molecule has 0 bridgehead atoms. The number of rotatable bonds is 2. The second-order valence-corrected chi connectivity index (χ2v) is 5.42. The molecule has 1 aromatic carbocycles. The van der Waals surface area contributed by atoms with Gasteiger partial charge in [0.1, 0.15) is 0 Å². The zero-order valence-electron chi connectivity index (χ0n) is 8.46. The number of hydrogen-bond acceptors (Lipinski definition) is 1. The molecule has 0 spiro atoms. The van der Waals surface area contributed by atoms with Gasteiger partial charge in [-0.05, 0) is 36.5 Å². The van der Waals surface area contributed by atoms with Crippen LogP contribution in [0.1, 0.15) is 25.3 Å². The zero-order chi connectivity index (χ0) is 10.2. The highest BCUT2D eigenvalue weighted by Crippen LogP contribution is 2.47. The third-order valence-corrected chi connectivity index (χ3v) is 3.80. The summed E-state index contributed by atoms with van der Waals surface area (Å²) in [5.74, 6) is 0.831. The minimum atomic E-state index is 0.267. The molecule has 1 saturated carbocycles. The van der Waals surface area contributed by atoms with Gasteiger partial charge in [0.15, 0.2) is 0 Å². The first kappa shape index (κ1) is 10.2. The summed E-state index contributed by atoms with van der Waals surface area (Å²) in [5, 5.41) is 0. The summed E-state index contributed by atoms with van der Waals surface area (Å²) in [6.45, 7) is 3.07. The van der Waals surface area contributed by atoms with E-state index in [2.05, 4.69) is 47.1 Å². The van der Waals surface area contributed by atoms with E-state index in [1.54, 1.807) is 0 Å².